The normalized spacial score (nSPS) is 19.6. The number of hydrogen-bond donors (Lipinski definition) is 2. The number of benzene rings is 1. The topological polar surface area (TPSA) is 90.8 Å². The van der Waals surface area contributed by atoms with Gasteiger partial charge < -0.3 is 20.1 Å². The molecule has 3 aromatic rings. The third-order valence-corrected chi connectivity index (χ3v) is 7.87. The number of carbonyl (C=O) groups is 1. The van der Waals surface area contributed by atoms with Gasteiger partial charge in [0.2, 0.25) is 5.91 Å². The van der Waals surface area contributed by atoms with Crippen molar-refractivity contribution in [2.24, 2.45) is 5.92 Å². The van der Waals surface area contributed by atoms with E-state index in [1.165, 1.54) is 0 Å². The molecule has 0 saturated carbocycles. The number of aromatic nitrogens is 2. The first-order chi connectivity index (χ1) is 17.1. The van der Waals surface area contributed by atoms with Crippen molar-refractivity contribution in [3.8, 4) is 5.75 Å². The highest BCUT2D eigenvalue weighted by molar-refractivity contribution is 6.31. The van der Waals surface area contributed by atoms with Crippen LogP contribution in [0.25, 0.3) is 10.9 Å². The number of carbonyl (C=O) groups excluding carboxylic acids is 1. The van der Waals surface area contributed by atoms with Gasteiger partial charge in [0.05, 0.1) is 11.6 Å². The Morgan fingerprint density at radius 2 is 2.00 bits per heavy atom. The van der Waals surface area contributed by atoms with Crippen LogP contribution in [0, 0.1) is 5.92 Å². The highest BCUT2D eigenvalue weighted by Gasteiger charge is 2.48. The van der Waals surface area contributed by atoms with Crippen molar-refractivity contribution >= 4 is 39.9 Å². The highest BCUT2D eigenvalue weighted by atomic mass is 35.5. The van der Waals surface area contributed by atoms with Gasteiger partial charge >= 0.3 is 0 Å². The number of pyridine rings is 2. The van der Waals surface area contributed by atoms with Crippen LogP contribution in [0.3, 0.4) is 0 Å². The number of aliphatic hydroxyl groups is 1. The molecule has 1 spiro atoms. The predicted molar refractivity (Wildman–Crippen MR) is 135 cm³/mol. The Labute approximate surface area is 208 Å². The van der Waals surface area contributed by atoms with Crippen molar-refractivity contribution < 1.29 is 14.6 Å². The van der Waals surface area contributed by atoms with Gasteiger partial charge in [0.25, 0.3) is 0 Å². The monoisotopic (exact) mass is 493 g/mol. The van der Waals surface area contributed by atoms with Crippen LogP contribution in [0.15, 0.2) is 42.7 Å². The van der Waals surface area contributed by atoms with Gasteiger partial charge in [-0.3, -0.25) is 9.69 Å². The molecule has 0 aliphatic carbocycles. The van der Waals surface area contributed by atoms with E-state index in [4.69, 9.17) is 16.3 Å². The number of anilines is 2. The molecule has 2 aromatic heterocycles. The zero-order chi connectivity index (χ0) is 24.0. The molecule has 0 atom stereocenters. The first kappa shape index (κ1) is 22.5. The molecule has 0 radical (unpaired) electrons. The van der Waals surface area contributed by atoms with Gasteiger partial charge in [-0.15, -0.1) is 0 Å². The number of rotatable bonds is 6. The molecule has 1 aromatic carbocycles. The van der Waals surface area contributed by atoms with Crippen molar-refractivity contribution in [3.05, 3.63) is 53.3 Å². The second-order valence-corrected chi connectivity index (χ2v) is 10.2. The van der Waals surface area contributed by atoms with Crippen molar-refractivity contribution in [2.45, 2.75) is 18.3 Å². The minimum Gasteiger partial charge on any atom is -0.491 e. The second kappa shape index (κ2) is 8.93. The van der Waals surface area contributed by atoms with Crippen molar-refractivity contribution in [2.75, 3.05) is 56.2 Å². The van der Waals surface area contributed by atoms with Gasteiger partial charge in [-0.1, -0.05) is 11.6 Å². The van der Waals surface area contributed by atoms with Gasteiger partial charge in [-0.25, -0.2) is 9.97 Å². The zero-order valence-corrected chi connectivity index (χ0v) is 20.2. The summed E-state index contributed by atoms with van der Waals surface area (Å²) in [5.74, 6) is 2.00. The molecule has 0 bridgehead atoms. The number of aliphatic hydroxyl groups excluding tert-OH is 1. The fraction of sp³-hybridized carbons (Fsp3) is 0.423. The minimum atomic E-state index is -0.473. The van der Waals surface area contributed by atoms with Crippen LogP contribution in [0.1, 0.15) is 18.4 Å². The average Bonchev–Trinajstić information content (AvgIpc) is 3.10. The predicted octanol–water partition coefficient (Wildman–Crippen LogP) is 3.08. The SMILES string of the molecule is O=C1Nc2ccc(Cl)cc2C12CCN(CCOc1cnc3c(N4CC(CO)C4)nccc3c1)CC2. The molecule has 3 aliphatic heterocycles. The van der Waals surface area contributed by atoms with Crippen LogP contribution < -0.4 is 15.0 Å². The molecule has 0 unspecified atom stereocenters. The van der Waals surface area contributed by atoms with Crippen molar-refractivity contribution in [1.82, 2.24) is 14.9 Å². The fourth-order valence-corrected chi connectivity index (χ4v) is 5.70. The molecular weight excluding hydrogens is 466 g/mol. The number of halogens is 1. The van der Waals surface area contributed by atoms with Crippen LogP contribution in [0.5, 0.6) is 5.75 Å². The molecule has 2 N–H and O–H groups in total. The molecule has 6 rings (SSSR count). The first-order valence-electron chi connectivity index (χ1n) is 12.1. The fourth-order valence-electron chi connectivity index (χ4n) is 5.53. The van der Waals surface area contributed by atoms with Crippen molar-refractivity contribution in [3.63, 3.8) is 0 Å². The van der Waals surface area contributed by atoms with E-state index in [1.807, 2.05) is 30.3 Å². The smallest absolute Gasteiger partial charge is 0.235 e. The molecule has 1 amide bonds. The van der Waals surface area contributed by atoms with Gasteiger partial charge in [0, 0.05) is 54.5 Å². The maximum atomic E-state index is 12.8. The van der Waals surface area contributed by atoms with Gasteiger partial charge in [0.1, 0.15) is 17.9 Å². The molecule has 5 heterocycles. The molecule has 8 nitrogen and oxygen atoms in total. The Bertz CT molecular complexity index is 1270. The summed E-state index contributed by atoms with van der Waals surface area (Å²) in [7, 11) is 0. The quantitative estimate of drug-likeness (QED) is 0.545. The van der Waals surface area contributed by atoms with Crippen LogP contribution in [0.4, 0.5) is 11.5 Å². The zero-order valence-electron chi connectivity index (χ0n) is 19.4. The molecule has 2 fully saturated rings. The van der Waals surface area contributed by atoms with E-state index in [0.717, 1.165) is 79.3 Å². The number of likely N-dealkylation sites (tertiary alicyclic amines) is 1. The molecule has 9 heteroatoms. The third kappa shape index (κ3) is 3.99. The molecule has 35 heavy (non-hydrogen) atoms. The summed E-state index contributed by atoms with van der Waals surface area (Å²) in [6.07, 6.45) is 5.09. The summed E-state index contributed by atoms with van der Waals surface area (Å²) in [5, 5.41) is 14.0. The summed E-state index contributed by atoms with van der Waals surface area (Å²) in [6, 6.07) is 9.61. The van der Waals surface area contributed by atoms with E-state index in [2.05, 4.69) is 25.1 Å². The lowest BCUT2D eigenvalue weighted by Crippen LogP contribution is -2.48. The lowest BCUT2D eigenvalue weighted by Gasteiger charge is -2.39. The number of piperidine rings is 1. The number of nitrogens with one attached hydrogen (secondary N) is 1. The first-order valence-corrected chi connectivity index (χ1v) is 12.5. The van der Waals surface area contributed by atoms with E-state index in [0.29, 0.717) is 17.5 Å². The van der Waals surface area contributed by atoms with Crippen LogP contribution in [0.2, 0.25) is 5.02 Å². The van der Waals surface area contributed by atoms with E-state index in [1.54, 1.807) is 12.4 Å². The van der Waals surface area contributed by atoms with E-state index in [9.17, 15) is 9.90 Å². The summed E-state index contributed by atoms with van der Waals surface area (Å²) in [4.78, 5) is 26.5. The Balaban J connectivity index is 1.06. The number of nitrogens with zero attached hydrogens (tertiary/aromatic N) is 4. The maximum Gasteiger partial charge on any atom is 0.235 e. The number of amides is 1. The van der Waals surface area contributed by atoms with Crippen molar-refractivity contribution in [1.29, 1.82) is 0 Å². The van der Waals surface area contributed by atoms with Gasteiger partial charge in [-0.2, -0.15) is 0 Å². The van der Waals surface area contributed by atoms with E-state index < -0.39 is 5.41 Å². The van der Waals surface area contributed by atoms with Crippen LogP contribution in [-0.2, 0) is 10.2 Å². The van der Waals surface area contributed by atoms with Crippen LogP contribution >= 0.6 is 11.6 Å². The summed E-state index contributed by atoms with van der Waals surface area (Å²) in [5.41, 5.74) is 2.31. The highest BCUT2D eigenvalue weighted by Crippen LogP contribution is 2.45. The van der Waals surface area contributed by atoms with Gasteiger partial charge in [-0.05, 0) is 61.8 Å². The number of ether oxygens (including phenoxy) is 1. The number of fused-ring (bicyclic) bond motifs is 3. The standard InChI is InChI=1S/C26H28ClN5O3/c27-19-1-2-22-21(12-19)26(25(34)30-22)4-7-31(8-5-26)9-10-35-20-11-18-3-6-28-24(23(18)29-13-20)32-14-17(15-32)16-33/h1-3,6,11-13,17,33H,4-5,7-10,14-16H2,(H,30,34). The molecule has 2 saturated heterocycles. The lowest BCUT2D eigenvalue weighted by molar-refractivity contribution is -0.122. The summed E-state index contributed by atoms with van der Waals surface area (Å²) in [6.45, 7) is 4.82. The lowest BCUT2D eigenvalue weighted by atomic mass is 9.73. The summed E-state index contributed by atoms with van der Waals surface area (Å²) >= 11 is 6.23. The average molecular weight is 494 g/mol. The van der Waals surface area contributed by atoms with Crippen LogP contribution in [-0.4, -0.2) is 71.8 Å². The second-order valence-electron chi connectivity index (χ2n) is 9.75. The largest absolute Gasteiger partial charge is 0.491 e. The van der Waals surface area contributed by atoms with Gasteiger partial charge in [0.15, 0.2) is 5.82 Å². The minimum absolute atomic E-state index is 0.0897. The number of hydrogen-bond acceptors (Lipinski definition) is 7. The molecular formula is C26H28ClN5O3. The Morgan fingerprint density at radius 1 is 1.17 bits per heavy atom. The molecule has 3 aliphatic rings. The Kier molecular flexibility index (Phi) is 5.75. The third-order valence-electron chi connectivity index (χ3n) is 7.64. The van der Waals surface area contributed by atoms with E-state index in [-0.39, 0.29) is 12.5 Å². The molecule has 182 valence electrons. The Morgan fingerprint density at radius 3 is 2.80 bits per heavy atom. The van der Waals surface area contributed by atoms with E-state index >= 15 is 0 Å². The maximum absolute atomic E-state index is 12.8. The Hall–Kier alpha value is -2.94. The summed E-state index contributed by atoms with van der Waals surface area (Å²) < 4.78 is 6.03.